The van der Waals surface area contributed by atoms with Crippen LogP contribution in [0.4, 0.5) is 25.3 Å². The Bertz CT molecular complexity index is 930. The molecular weight excluding hydrogens is 366 g/mol. The molecule has 3 aromatic rings. The number of benzene rings is 2. The van der Waals surface area contributed by atoms with E-state index in [0.29, 0.717) is 12.6 Å². The maximum Gasteiger partial charge on any atom is 0.319 e. The number of amides is 2. The Labute approximate surface area is 160 Å². The minimum absolute atomic E-state index is 0.275. The lowest BCUT2D eigenvalue weighted by atomic mass is 9.97. The summed E-state index contributed by atoms with van der Waals surface area (Å²) in [6, 6.07) is 11.1. The molecule has 146 valence electrons. The van der Waals surface area contributed by atoms with E-state index in [1.807, 2.05) is 24.3 Å². The van der Waals surface area contributed by atoms with Gasteiger partial charge < -0.3 is 20.0 Å². The molecular formula is C20H20F2N4O2. The molecule has 0 unspecified atom stereocenters. The number of fused-ring (bicyclic) bond motifs is 1. The van der Waals surface area contributed by atoms with E-state index in [2.05, 4.69) is 20.5 Å². The summed E-state index contributed by atoms with van der Waals surface area (Å²) in [7, 11) is 0. The molecule has 1 aromatic heterocycles. The fourth-order valence-electron chi connectivity index (χ4n) is 3.34. The lowest BCUT2D eigenvalue weighted by Gasteiger charge is -2.30. The van der Waals surface area contributed by atoms with Gasteiger partial charge in [0.15, 0.2) is 5.58 Å². The zero-order valence-corrected chi connectivity index (χ0v) is 15.1. The number of anilines is 2. The van der Waals surface area contributed by atoms with E-state index >= 15 is 0 Å². The van der Waals surface area contributed by atoms with Crippen molar-refractivity contribution in [1.29, 1.82) is 0 Å². The van der Waals surface area contributed by atoms with Gasteiger partial charge in [0.05, 0.1) is 0 Å². The minimum Gasteiger partial charge on any atom is -0.423 e. The third kappa shape index (κ3) is 3.90. The van der Waals surface area contributed by atoms with Crippen LogP contribution in [0.1, 0.15) is 12.8 Å². The first-order valence-corrected chi connectivity index (χ1v) is 9.19. The number of para-hydroxylation sites is 3. The van der Waals surface area contributed by atoms with Crippen LogP contribution in [0, 0.1) is 17.6 Å². The number of piperidine rings is 1. The van der Waals surface area contributed by atoms with Gasteiger partial charge in [0.1, 0.15) is 22.8 Å². The van der Waals surface area contributed by atoms with E-state index in [1.165, 1.54) is 6.07 Å². The Morgan fingerprint density at radius 3 is 2.54 bits per heavy atom. The van der Waals surface area contributed by atoms with E-state index in [-0.39, 0.29) is 5.92 Å². The van der Waals surface area contributed by atoms with Crippen molar-refractivity contribution in [2.24, 2.45) is 5.92 Å². The predicted octanol–water partition coefficient (Wildman–Crippen LogP) is 4.14. The summed E-state index contributed by atoms with van der Waals surface area (Å²) in [5.41, 5.74) is 1.16. The molecule has 0 saturated carbocycles. The summed E-state index contributed by atoms with van der Waals surface area (Å²) < 4.78 is 33.0. The van der Waals surface area contributed by atoms with Gasteiger partial charge in [-0.3, -0.25) is 0 Å². The molecule has 1 saturated heterocycles. The monoisotopic (exact) mass is 386 g/mol. The van der Waals surface area contributed by atoms with Crippen molar-refractivity contribution < 1.29 is 18.0 Å². The number of rotatable bonds is 4. The number of urea groups is 1. The number of hydrogen-bond acceptors (Lipinski definition) is 4. The molecule has 2 N–H and O–H groups in total. The van der Waals surface area contributed by atoms with Crippen LogP contribution in [0.3, 0.4) is 0 Å². The Hall–Kier alpha value is -3.16. The van der Waals surface area contributed by atoms with E-state index in [1.54, 1.807) is 0 Å². The Balaban J connectivity index is 1.27. The number of nitrogens with one attached hydrogen (secondary N) is 2. The summed E-state index contributed by atoms with van der Waals surface area (Å²) in [6.45, 7) is 1.97. The van der Waals surface area contributed by atoms with E-state index in [9.17, 15) is 13.6 Å². The number of carbonyl (C=O) groups excluding carboxylic acids is 1. The average Bonchev–Trinajstić information content (AvgIpc) is 3.14. The summed E-state index contributed by atoms with van der Waals surface area (Å²) >= 11 is 0. The van der Waals surface area contributed by atoms with Crippen LogP contribution >= 0.6 is 0 Å². The molecule has 0 atom stereocenters. The van der Waals surface area contributed by atoms with Crippen molar-refractivity contribution in [1.82, 2.24) is 10.3 Å². The van der Waals surface area contributed by atoms with Crippen molar-refractivity contribution in [3.8, 4) is 0 Å². The van der Waals surface area contributed by atoms with Gasteiger partial charge in [-0.25, -0.2) is 13.6 Å². The molecule has 2 heterocycles. The number of aromatic nitrogens is 1. The van der Waals surface area contributed by atoms with Gasteiger partial charge in [0, 0.05) is 19.6 Å². The molecule has 28 heavy (non-hydrogen) atoms. The van der Waals surface area contributed by atoms with Gasteiger partial charge in [-0.15, -0.1) is 0 Å². The van der Waals surface area contributed by atoms with E-state index in [4.69, 9.17) is 4.42 Å². The predicted molar refractivity (Wildman–Crippen MR) is 102 cm³/mol. The third-order valence-corrected chi connectivity index (χ3v) is 4.92. The summed E-state index contributed by atoms with van der Waals surface area (Å²) in [6.07, 6.45) is 1.71. The van der Waals surface area contributed by atoms with Crippen molar-refractivity contribution in [2.75, 3.05) is 29.9 Å². The molecule has 6 nitrogen and oxygen atoms in total. The Morgan fingerprint density at radius 2 is 1.82 bits per heavy atom. The van der Waals surface area contributed by atoms with Crippen LogP contribution in [0.25, 0.3) is 11.1 Å². The zero-order chi connectivity index (χ0) is 19.5. The highest BCUT2D eigenvalue weighted by atomic mass is 19.1. The molecule has 0 radical (unpaired) electrons. The van der Waals surface area contributed by atoms with Gasteiger partial charge in [-0.1, -0.05) is 18.2 Å². The van der Waals surface area contributed by atoms with Gasteiger partial charge in [-0.2, -0.15) is 4.98 Å². The highest BCUT2D eigenvalue weighted by Gasteiger charge is 2.23. The lowest BCUT2D eigenvalue weighted by molar-refractivity contribution is 0.248. The SMILES string of the molecule is O=C(NCC1CCN(c2nc3ccccc3o2)CC1)Nc1c(F)cccc1F. The minimum atomic E-state index is -0.804. The van der Waals surface area contributed by atoms with Crippen LogP contribution < -0.4 is 15.5 Å². The molecule has 0 bridgehead atoms. The molecule has 2 amide bonds. The van der Waals surface area contributed by atoms with Crippen LogP contribution in [0.2, 0.25) is 0 Å². The second-order valence-electron chi connectivity index (χ2n) is 6.83. The molecule has 4 rings (SSSR count). The van der Waals surface area contributed by atoms with Gasteiger partial charge in [0.2, 0.25) is 0 Å². The zero-order valence-electron chi connectivity index (χ0n) is 15.1. The van der Waals surface area contributed by atoms with Crippen molar-refractivity contribution in [3.63, 3.8) is 0 Å². The van der Waals surface area contributed by atoms with Crippen molar-refractivity contribution in [2.45, 2.75) is 12.8 Å². The van der Waals surface area contributed by atoms with Gasteiger partial charge in [-0.05, 0) is 43.0 Å². The quantitative estimate of drug-likeness (QED) is 0.707. The van der Waals surface area contributed by atoms with Crippen LogP contribution in [0.5, 0.6) is 0 Å². The lowest BCUT2D eigenvalue weighted by Crippen LogP contribution is -2.40. The average molecular weight is 386 g/mol. The summed E-state index contributed by atoms with van der Waals surface area (Å²) in [4.78, 5) is 18.5. The highest BCUT2D eigenvalue weighted by molar-refractivity contribution is 5.89. The van der Waals surface area contributed by atoms with E-state index < -0.39 is 23.4 Å². The first kappa shape index (κ1) is 18.2. The molecule has 1 aliphatic rings. The Kier molecular flexibility index (Phi) is 5.10. The highest BCUT2D eigenvalue weighted by Crippen LogP contribution is 2.26. The fourth-order valence-corrected chi connectivity index (χ4v) is 3.34. The topological polar surface area (TPSA) is 70.4 Å². The summed E-state index contributed by atoms with van der Waals surface area (Å²) in [5, 5.41) is 4.92. The fraction of sp³-hybridized carbons (Fsp3) is 0.300. The number of halogens is 2. The summed E-state index contributed by atoms with van der Waals surface area (Å²) in [5.74, 6) is -1.33. The molecule has 2 aromatic carbocycles. The molecule has 1 fully saturated rings. The third-order valence-electron chi connectivity index (χ3n) is 4.92. The van der Waals surface area contributed by atoms with E-state index in [0.717, 1.165) is 49.2 Å². The van der Waals surface area contributed by atoms with Gasteiger partial charge >= 0.3 is 6.03 Å². The number of hydrogen-bond donors (Lipinski definition) is 2. The van der Waals surface area contributed by atoms with Gasteiger partial charge in [0.25, 0.3) is 6.01 Å². The standard InChI is InChI=1S/C20H20F2N4O2/c21-14-4-3-5-15(22)18(14)25-19(27)23-12-13-8-10-26(11-9-13)20-24-16-6-1-2-7-17(16)28-20/h1-7,13H,8-12H2,(H2,23,25,27). The number of oxazole rings is 1. The second kappa shape index (κ2) is 7.84. The first-order chi connectivity index (χ1) is 13.6. The number of carbonyl (C=O) groups is 1. The Morgan fingerprint density at radius 1 is 1.11 bits per heavy atom. The second-order valence-corrected chi connectivity index (χ2v) is 6.83. The van der Waals surface area contributed by atoms with Crippen LogP contribution in [0.15, 0.2) is 46.9 Å². The number of nitrogens with zero attached hydrogens (tertiary/aromatic N) is 2. The molecule has 0 spiro atoms. The molecule has 8 heteroatoms. The van der Waals surface area contributed by atoms with Crippen LogP contribution in [-0.4, -0.2) is 30.6 Å². The maximum absolute atomic E-state index is 13.6. The maximum atomic E-state index is 13.6. The first-order valence-electron chi connectivity index (χ1n) is 9.19. The normalized spacial score (nSPS) is 15.0. The van der Waals surface area contributed by atoms with Crippen molar-refractivity contribution >= 4 is 28.8 Å². The van der Waals surface area contributed by atoms with Crippen molar-refractivity contribution in [3.05, 3.63) is 54.1 Å². The largest absolute Gasteiger partial charge is 0.423 e. The smallest absolute Gasteiger partial charge is 0.319 e. The molecule has 1 aliphatic heterocycles. The van der Waals surface area contributed by atoms with Crippen LogP contribution in [-0.2, 0) is 0 Å². The molecule has 0 aliphatic carbocycles.